The van der Waals surface area contributed by atoms with Crippen LogP contribution < -0.4 is 0 Å². The molecule has 16 heavy (non-hydrogen) atoms. The lowest BCUT2D eigenvalue weighted by Crippen LogP contribution is -1.83. The van der Waals surface area contributed by atoms with Crippen molar-refractivity contribution in [1.82, 2.24) is 9.55 Å². The van der Waals surface area contributed by atoms with Gasteiger partial charge in [-0.15, -0.1) is 0 Å². The Morgan fingerprint density at radius 1 is 1.38 bits per heavy atom. The van der Waals surface area contributed by atoms with E-state index in [1.54, 1.807) is 0 Å². The average Bonchev–Trinajstić information content (AvgIpc) is 2.71. The van der Waals surface area contributed by atoms with Crippen LogP contribution in [0.5, 0.6) is 0 Å². The fourth-order valence-corrected chi connectivity index (χ4v) is 1.78. The van der Waals surface area contributed by atoms with E-state index in [1.165, 1.54) is 8.93 Å². The summed E-state index contributed by atoms with van der Waals surface area (Å²) < 4.78 is 2.00. The molecule has 0 unspecified atom stereocenters. The standard InChI is InChI=1S/C10H7IN2S.C2H6/c1-13-7-12-9-6-8(4-5-14-11)2-3-10(9)13;1-2/h2-3,6-7H,1H3;1-2H3. The van der Waals surface area contributed by atoms with Crippen molar-refractivity contribution >= 4 is 41.2 Å². The molecule has 0 bridgehead atoms. The van der Waals surface area contributed by atoms with Gasteiger partial charge in [-0.1, -0.05) is 19.8 Å². The summed E-state index contributed by atoms with van der Waals surface area (Å²) in [5.41, 5.74) is 3.15. The number of hydrogen-bond donors (Lipinski definition) is 0. The highest BCUT2D eigenvalue weighted by molar-refractivity contribution is 14.2. The lowest BCUT2D eigenvalue weighted by Gasteiger charge is -1.93. The SMILES string of the molecule is CC.Cn1cnc2cc(C#CSI)ccc21. The van der Waals surface area contributed by atoms with Crippen LogP contribution in [-0.2, 0) is 7.05 Å². The van der Waals surface area contributed by atoms with E-state index in [0.29, 0.717) is 0 Å². The van der Waals surface area contributed by atoms with Gasteiger partial charge in [0.2, 0.25) is 0 Å². The number of imidazole rings is 1. The van der Waals surface area contributed by atoms with Gasteiger partial charge in [0.25, 0.3) is 0 Å². The Morgan fingerprint density at radius 3 is 2.81 bits per heavy atom. The zero-order valence-electron chi connectivity index (χ0n) is 9.49. The lowest BCUT2D eigenvalue weighted by molar-refractivity contribution is 0.947. The van der Waals surface area contributed by atoms with Crippen LogP contribution in [0.2, 0.25) is 0 Å². The Hall–Kier alpha value is -0.670. The maximum absolute atomic E-state index is 4.27. The number of halogens is 1. The molecule has 0 N–H and O–H groups in total. The van der Waals surface area contributed by atoms with E-state index in [2.05, 4.69) is 37.4 Å². The van der Waals surface area contributed by atoms with Crippen LogP contribution in [0.3, 0.4) is 0 Å². The third-order valence-corrected chi connectivity index (χ3v) is 2.80. The molecule has 0 saturated heterocycles. The molecule has 0 amide bonds. The maximum atomic E-state index is 4.27. The molecule has 0 aliphatic rings. The Balaban J connectivity index is 0.000000606. The molecule has 0 radical (unpaired) electrons. The first-order valence-corrected chi connectivity index (χ1v) is 8.37. The predicted octanol–water partition coefficient (Wildman–Crippen LogP) is 3.99. The monoisotopic (exact) mass is 344 g/mol. The van der Waals surface area contributed by atoms with E-state index in [-0.39, 0.29) is 0 Å². The fraction of sp³-hybridized carbons (Fsp3) is 0.250. The van der Waals surface area contributed by atoms with Crippen molar-refractivity contribution in [3.63, 3.8) is 0 Å². The quantitative estimate of drug-likeness (QED) is 0.531. The molecule has 1 aromatic heterocycles. The Kier molecular flexibility index (Phi) is 5.71. The van der Waals surface area contributed by atoms with Gasteiger partial charge in [0, 0.05) is 33.8 Å². The molecule has 2 nitrogen and oxygen atoms in total. The Labute approximate surface area is 112 Å². The highest BCUT2D eigenvalue weighted by atomic mass is 127. The van der Waals surface area contributed by atoms with Gasteiger partial charge in [0.05, 0.1) is 17.4 Å². The van der Waals surface area contributed by atoms with Crippen molar-refractivity contribution in [1.29, 1.82) is 0 Å². The second kappa shape index (κ2) is 6.81. The summed E-state index contributed by atoms with van der Waals surface area (Å²) >= 11 is 2.16. The average molecular weight is 344 g/mol. The van der Waals surface area contributed by atoms with Crippen LogP contribution in [0.4, 0.5) is 0 Å². The van der Waals surface area contributed by atoms with Crippen molar-refractivity contribution in [2.75, 3.05) is 0 Å². The summed E-state index contributed by atoms with van der Waals surface area (Å²) in [6.07, 6.45) is 1.81. The minimum absolute atomic E-state index is 0.998. The molecule has 0 aliphatic heterocycles. The van der Waals surface area contributed by atoms with Crippen LogP contribution in [0.1, 0.15) is 19.4 Å². The number of aromatic nitrogens is 2. The molecule has 1 heterocycles. The molecule has 0 atom stereocenters. The highest BCUT2D eigenvalue weighted by Crippen LogP contribution is 2.14. The molecule has 0 spiro atoms. The number of aryl methyl sites for hydroxylation is 1. The highest BCUT2D eigenvalue weighted by Gasteiger charge is 1.98. The molecule has 4 heteroatoms. The lowest BCUT2D eigenvalue weighted by atomic mass is 10.2. The van der Waals surface area contributed by atoms with Gasteiger partial charge in [-0.25, -0.2) is 4.98 Å². The number of nitrogens with zero attached hydrogens (tertiary/aromatic N) is 2. The van der Waals surface area contributed by atoms with Gasteiger partial charge in [-0.2, -0.15) is 0 Å². The molecular formula is C12H13IN2S. The molecule has 0 aliphatic carbocycles. The number of benzene rings is 1. The largest absolute Gasteiger partial charge is 0.334 e. The molecule has 84 valence electrons. The predicted molar refractivity (Wildman–Crippen MR) is 80.6 cm³/mol. The summed E-state index contributed by atoms with van der Waals surface area (Å²) in [4.78, 5) is 4.27. The van der Waals surface area contributed by atoms with Gasteiger partial charge in [0.1, 0.15) is 0 Å². The summed E-state index contributed by atoms with van der Waals surface area (Å²) in [6.45, 7) is 4.00. The molecule has 2 rings (SSSR count). The molecule has 0 fully saturated rings. The van der Waals surface area contributed by atoms with Gasteiger partial charge in [-0.05, 0) is 32.4 Å². The van der Waals surface area contributed by atoms with Crippen molar-refractivity contribution in [2.45, 2.75) is 13.8 Å². The van der Waals surface area contributed by atoms with E-state index in [9.17, 15) is 0 Å². The zero-order valence-corrected chi connectivity index (χ0v) is 12.5. The molecular weight excluding hydrogens is 331 g/mol. The van der Waals surface area contributed by atoms with Crippen molar-refractivity contribution < 1.29 is 0 Å². The van der Waals surface area contributed by atoms with Crippen LogP contribution in [0.25, 0.3) is 11.0 Å². The fourth-order valence-electron chi connectivity index (χ4n) is 1.29. The Bertz CT molecular complexity index is 523. The second-order valence-corrected chi connectivity index (χ2v) is 4.54. The number of rotatable bonds is 0. The van der Waals surface area contributed by atoms with Gasteiger partial charge >= 0.3 is 0 Å². The normalized spacial score (nSPS) is 9.00. The third kappa shape index (κ3) is 3.16. The minimum Gasteiger partial charge on any atom is -0.334 e. The Morgan fingerprint density at radius 2 is 2.12 bits per heavy atom. The van der Waals surface area contributed by atoms with Crippen LogP contribution >= 0.6 is 30.1 Å². The summed E-state index contributed by atoms with van der Waals surface area (Å²) in [7, 11) is 3.48. The summed E-state index contributed by atoms with van der Waals surface area (Å²) in [5.74, 6) is 3.05. The van der Waals surface area contributed by atoms with E-state index in [1.807, 2.05) is 50.0 Å². The van der Waals surface area contributed by atoms with Crippen molar-refractivity contribution in [3.05, 3.63) is 30.1 Å². The molecule has 2 aromatic rings. The molecule has 1 aromatic carbocycles. The van der Waals surface area contributed by atoms with Crippen LogP contribution in [-0.4, -0.2) is 9.55 Å². The zero-order chi connectivity index (χ0) is 12.0. The topological polar surface area (TPSA) is 17.8 Å². The van der Waals surface area contributed by atoms with Crippen LogP contribution in [0.15, 0.2) is 24.5 Å². The van der Waals surface area contributed by atoms with Crippen molar-refractivity contribution in [3.8, 4) is 11.2 Å². The van der Waals surface area contributed by atoms with Gasteiger partial charge < -0.3 is 4.57 Å². The first kappa shape index (κ1) is 13.4. The third-order valence-electron chi connectivity index (χ3n) is 1.96. The van der Waals surface area contributed by atoms with Crippen molar-refractivity contribution in [2.24, 2.45) is 7.05 Å². The number of fused-ring (bicyclic) bond motifs is 1. The first-order chi connectivity index (χ1) is 7.81. The summed E-state index contributed by atoms with van der Waals surface area (Å²) in [5, 5.41) is 2.95. The smallest absolute Gasteiger partial charge is 0.0955 e. The van der Waals surface area contributed by atoms with E-state index in [0.717, 1.165) is 16.6 Å². The maximum Gasteiger partial charge on any atom is 0.0955 e. The first-order valence-electron chi connectivity index (χ1n) is 5.01. The molecule has 0 saturated carbocycles. The van der Waals surface area contributed by atoms with Gasteiger partial charge in [0.15, 0.2) is 0 Å². The van der Waals surface area contributed by atoms with E-state index < -0.39 is 0 Å². The van der Waals surface area contributed by atoms with Gasteiger partial charge in [-0.3, -0.25) is 0 Å². The minimum atomic E-state index is 0.998. The van der Waals surface area contributed by atoms with E-state index in [4.69, 9.17) is 0 Å². The van der Waals surface area contributed by atoms with Crippen LogP contribution in [0, 0.1) is 11.2 Å². The second-order valence-electron chi connectivity index (χ2n) is 2.86. The number of hydrogen-bond acceptors (Lipinski definition) is 2. The van der Waals surface area contributed by atoms with E-state index >= 15 is 0 Å². The summed E-state index contributed by atoms with van der Waals surface area (Å²) in [6, 6.07) is 6.07.